The van der Waals surface area contributed by atoms with Gasteiger partial charge >= 0.3 is 6.18 Å². The Morgan fingerprint density at radius 1 is 1.17 bits per heavy atom. The molecule has 0 radical (unpaired) electrons. The van der Waals surface area contributed by atoms with E-state index in [1.807, 2.05) is 0 Å². The quantitative estimate of drug-likeness (QED) is 0.763. The molecule has 2 aromatic rings. The summed E-state index contributed by atoms with van der Waals surface area (Å²) in [6, 6.07) is 2.70. The Labute approximate surface area is 141 Å². The van der Waals surface area contributed by atoms with Crippen molar-refractivity contribution < 1.29 is 21.6 Å². The maximum atomic E-state index is 12.9. The molecule has 0 amide bonds. The number of hydrogen-bond acceptors (Lipinski definition) is 5. The number of anilines is 1. The lowest BCUT2D eigenvalue weighted by atomic mass is 10.1. The molecule has 0 fully saturated rings. The van der Waals surface area contributed by atoms with Crippen molar-refractivity contribution in [2.75, 3.05) is 19.0 Å². The number of aromatic nitrogens is 3. The van der Waals surface area contributed by atoms with Crippen molar-refractivity contribution in [2.24, 2.45) is 0 Å². The van der Waals surface area contributed by atoms with Gasteiger partial charge < -0.3 is 4.90 Å². The third-order valence-electron chi connectivity index (χ3n) is 3.23. The van der Waals surface area contributed by atoms with Crippen molar-refractivity contribution >= 4 is 25.7 Å². The first kappa shape index (κ1) is 18.5. The molecule has 0 saturated carbocycles. The van der Waals surface area contributed by atoms with Gasteiger partial charge in [0.1, 0.15) is 0 Å². The maximum Gasteiger partial charge on any atom is 0.453 e. The largest absolute Gasteiger partial charge is 0.453 e. The summed E-state index contributed by atoms with van der Waals surface area (Å²) in [5, 5.41) is 3.49. The highest BCUT2D eigenvalue weighted by molar-refractivity contribution is 8.13. The normalized spacial score (nSPS) is 12.5. The van der Waals surface area contributed by atoms with Crippen LogP contribution in [0.15, 0.2) is 17.0 Å². The average Bonchev–Trinajstić information content (AvgIpc) is 2.81. The molecule has 0 unspecified atom stereocenters. The van der Waals surface area contributed by atoms with Gasteiger partial charge in [-0.1, -0.05) is 6.07 Å². The second-order valence-corrected chi connectivity index (χ2v) is 7.92. The van der Waals surface area contributed by atoms with Gasteiger partial charge in [0.05, 0.1) is 10.6 Å². The van der Waals surface area contributed by atoms with Gasteiger partial charge in [-0.3, -0.25) is 0 Å². The molecule has 11 heteroatoms. The summed E-state index contributed by atoms with van der Waals surface area (Å²) in [6.07, 6.45) is -4.73. The van der Waals surface area contributed by atoms with Crippen LogP contribution in [-0.4, -0.2) is 37.3 Å². The molecule has 0 N–H and O–H groups in total. The number of aryl methyl sites for hydroxylation is 2. The summed E-state index contributed by atoms with van der Waals surface area (Å²) in [5.41, 5.74) is 1.05. The lowest BCUT2D eigenvalue weighted by Crippen LogP contribution is -2.16. The van der Waals surface area contributed by atoms with Crippen LogP contribution in [0.4, 0.5) is 19.1 Å². The number of hydrogen-bond donors (Lipinski definition) is 0. The molecule has 2 rings (SSSR count). The number of halogens is 4. The number of benzene rings is 1. The topological polar surface area (TPSA) is 68.1 Å². The van der Waals surface area contributed by atoms with E-state index >= 15 is 0 Å². The van der Waals surface area contributed by atoms with Crippen molar-refractivity contribution in [3.05, 3.63) is 29.1 Å². The van der Waals surface area contributed by atoms with Crippen molar-refractivity contribution in [3.63, 3.8) is 0 Å². The lowest BCUT2D eigenvalue weighted by Gasteiger charge is -2.15. The molecular weight excluding hydrogens is 369 g/mol. The van der Waals surface area contributed by atoms with E-state index in [0.29, 0.717) is 11.1 Å². The molecule has 1 aromatic heterocycles. The first-order chi connectivity index (χ1) is 10.8. The Morgan fingerprint density at radius 2 is 1.75 bits per heavy atom. The zero-order valence-corrected chi connectivity index (χ0v) is 14.8. The molecule has 0 saturated heterocycles. The van der Waals surface area contributed by atoms with Gasteiger partial charge in [0.25, 0.3) is 14.9 Å². The van der Waals surface area contributed by atoms with Crippen molar-refractivity contribution in [3.8, 4) is 5.69 Å². The van der Waals surface area contributed by atoms with Crippen LogP contribution in [0.3, 0.4) is 0 Å². The molecule has 132 valence electrons. The molecule has 1 heterocycles. The first-order valence-corrected chi connectivity index (χ1v) is 8.91. The molecule has 0 aliphatic rings. The highest BCUT2D eigenvalue weighted by Gasteiger charge is 2.38. The maximum absolute atomic E-state index is 12.9. The minimum Gasteiger partial charge on any atom is -0.347 e. The highest BCUT2D eigenvalue weighted by Crippen LogP contribution is 2.31. The summed E-state index contributed by atoms with van der Waals surface area (Å²) in [4.78, 5) is 4.63. The number of alkyl halides is 3. The van der Waals surface area contributed by atoms with Crippen LogP contribution in [0.1, 0.15) is 17.0 Å². The average molecular weight is 383 g/mol. The molecule has 1 aromatic carbocycles. The summed E-state index contributed by atoms with van der Waals surface area (Å²) < 4.78 is 63.0. The first-order valence-electron chi connectivity index (χ1n) is 6.60. The van der Waals surface area contributed by atoms with Crippen molar-refractivity contribution in [1.82, 2.24) is 14.8 Å². The Balaban J connectivity index is 2.79. The zero-order chi connectivity index (χ0) is 18.4. The summed E-state index contributed by atoms with van der Waals surface area (Å²) >= 11 is 0. The number of nitrogens with zero attached hydrogens (tertiary/aromatic N) is 4. The predicted octanol–water partition coefficient (Wildman–Crippen LogP) is 2.90. The van der Waals surface area contributed by atoms with Gasteiger partial charge in [-0.05, 0) is 31.0 Å². The van der Waals surface area contributed by atoms with Crippen molar-refractivity contribution in [2.45, 2.75) is 24.9 Å². The lowest BCUT2D eigenvalue weighted by molar-refractivity contribution is -0.144. The fraction of sp³-hybridized carbons (Fsp3) is 0.385. The van der Waals surface area contributed by atoms with E-state index in [2.05, 4.69) is 10.1 Å². The minimum atomic E-state index is -4.73. The SMILES string of the molecule is Cc1cc(C)c(S(=O)(=O)Cl)cc1-n1nc(C(F)(F)F)nc1N(C)C. The fourth-order valence-corrected chi connectivity index (χ4v) is 3.38. The minimum absolute atomic E-state index is 0.0906. The van der Waals surface area contributed by atoms with Crippen molar-refractivity contribution in [1.29, 1.82) is 0 Å². The van der Waals surface area contributed by atoms with E-state index in [4.69, 9.17) is 10.7 Å². The van der Waals surface area contributed by atoms with E-state index in [0.717, 1.165) is 4.68 Å². The monoisotopic (exact) mass is 382 g/mol. The molecule has 24 heavy (non-hydrogen) atoms. The molecule has 0 aliphatic heterocycles. The third-order valence-corrected chi connectivity index (χ3v) is 4.69. The molecular formula is C13H14ClF3N4O2S. The molecule has 0 bridgehead atoms. The van der Waals surface area contributed by atoms with Crippen LogP contribution < -0.4 is 4.90 Å². The molecule has 0 atom stereocenters. The molecule has 6 nitrogen and oxygen atoms in total. The summed E-state index contributed by atoms with van der Waals surface area (Å²) in [6.45, 7) is 3.17. The zero-order valence-electron chi connectivity index (χ0n) is 13.2. The number of rotatable bonds is 3. The highest BCUT2D eigenvalue weighted by atomic mass is 35.7. The Kier molecular flexibility index (Phi) is 4.57. The smallest absolute Gasteiger partial charge is 0.347 e. The summed E-state index contributed by atoms with van der Waals surface area (Å²) in [7, 11) is 4.34. The fourth-order valence-electron chi connectivity index (χ4n) is 2.19. The van der Waals surface area contributed by atoms with Gasteiger partial charge in [0, 0.05) is 24.8 Å². The van der Waals surface area contributed by atoms with Gasteiger partial charge in [0.2, 0.25) is 5.95 Å². The van der Waals surface area contributed by atoms with Crippen LogP contribution in [0.2, 0.25) is 0 Å². The van der Waals surface area contributed by atoms with E-state index in [9.17, 15) is 21.6 Å². The van der Waals surface area contributed by atoms with Gasteiger partial charge in [0.15, 0.2) is 0 Å². The van der Waals surface area contributed by atoms with E-state index < -0.39 is 21.1 Å². The van der Waals surface area contributed by atoms with E-state index in [-0.39, 0.29) is 16.5 Å². The third kappa shape index (κ3) is 3.48. The van der Waals surface area contributed by atoms with Crippen LogP contribution >= 0.6 is 10.7 Å². The Bertz CT molecular complexity index is 891. The molecule has 0 spiro atoms. The van der Waals surface area contributed by atoms with Crippen LogP contribution in [0.5, 0.6) is 0 Å². The second-order valence-electron chi connectivity index (χ2n) is 5.38. The predicted molar refractivity (Wildman–Crippen MR) is 83.2 cm³/mol. The van der Waals surface area contributed by atoms with Crippen LogP contribution in [0.25, 0.3) is 5.69 Å². The molecule has 0 aliphatic carbocycles. The van der Waals surface area contributed by atoms with E-state index in [1.165, 1.54) is 31.1 Å². The van der Waals surface area contributed by atoms with Crippen LogP contribution in [0, 0.1) is 13.8 Å². The standard InChI is InChI=1S/C13H14ClF3N4O2S/c1-7-5-8(2)10(24(14,22)23)6-9(7)21-12(20(3)4)18-11(19-21)13(15,16)17/h5-6H,1-4H3. The Morgan fingerprint density at radius 3 is 2.21 bits per heavy atom. The Hall–Kier alpha value is -1.81. The van der Waals surface area contributed by atoms with E-state index in [1.54, 1.807) is 13.8 Å². The van der Waals surface area contributed by atoms with Gasteiger partial charge in [-0.15, -0.1) is 5.10 Å². The summed E-state index contributed by atoms with van der Waals surface area (Å²) in [5.74, 6) is -1.41. The second kappa shape index (κ2) is 5.92. The van der Waals surface area contributed by atoms with Gasteiger partial charge in [-0.2, -0.15) is 22.8 Å². The van der Waals surface area contributed by atoms with Gasteiger partial charge in [-0.25, -0.2) is 8.42 Å². The van der Waals surface area contributed by atoms with Crippen LogP contribution in [-0.2, 0) is 15.2 Å².